The number of hydrogen-bond acceptors (Lipinski definition) is 2. The number of amides is 1. The van der Waals surface area contributed by atoms with Crippen molar-refractivity contribution in [1.29, 1.82) is 0 Å². The van der Waals surface area contributed by atoms with Gasteiger partial charge in [-0.3, -0.25) is 4.79 Å². The first-order chi connectivity index (χ1) is 13.1. The van der Waals surface area contributed by atoms with Gasteiger partial charge < -0.3 is 5.32 Å². The maximum Gasteiger partial charge on any atom is 0.276 e. The largest absolute Gasteiger partial charge is 0.320 e. The molecule has 0 aliphatic heterocycles. The number of aromatic nitrogens is 2. The molecule has 0 radical (unpaired) electrons. The number of aryl methyl sites for hydroxylation is 1. The molecule has 0 unspecified atom stereocenters. The summed E-state index contributed by atoms with van der Waals surface area (Å²) in [5.74, 6) is -0.474. The normalized spacial score (nSPS) is 13.7. The Balaban J connectivity index is 1.75. The first kappa shape index (κ1) is 17.5. The number of rotatable bonds is 3. The lowest BCUT2D eigenvalue weighted by Gasteiger charge is -2.07. The predicted molar refractivity (Wildman–Crippen MR) is 104 cm³/mol. The van der Waals surface area contributed by atoms with Crippen molar-refractivity contribution in [3.05, 3.63) is 76.9 Å². The van der Waals surface area contributed by atoms with Gasteiger partial charge in [-0.25, -0.2) is 9.07 Å². The molecule has 1 aromatic heterocycles. The van der Waals surface area contributed by atoms with E-state index in [0.29, 0.717) is 5.69 Å². The number of fused-ring (bicyclic) bond motifs is 1. The van der Waals surface area contributed by atoms with Gasteiger partial charge in [0.2, 0.25) is 0 Å². The minimum Gasteiger partial charge on any atom is -0.320 e. The molecular formula is C22H22FN3O. The van der Waals surface area contributed by atoms with Crippen LogP contribution in [0.3, 0.4) is 0 Å². The summed E-state index contributed by atoms with van der Waals surface area (Å²) in [5.41, 5.74) is 5.14. The van der Waals surface area contributed by atoms with Crippen molar-refractivity contribution in [2.24, 2.45) is 0 Å². The molecule has 1 aliphatic carbocycles. The maximum absolute atomic E-state index is 13.3. The first-order valence-electron chi connectivity index (χ1n) is 9.37. The Kier molecular flexibility index (Phi) is 4.75. The zero-order valence-corrected chi connectivity index (χ0v) is 15.3. The fourth-order valence-electron chi connectivity index (χ4n) is 3.65. The summed E-state index contributed by atoms with van der Waals surface area (Å²) in [6.07, 6.45) is 4.97. The Labute approximate surface area is 158 Å². The third-order valence-electron chi connectivity index (χ3n) is 5.11. The van der Waals surface area contributed by atoms with Crippen LogP contribution in [0.4, 0.5) is 10.1 Å². The van der Waals surface area contributed by atoms with Gasteiger partial charge in [0.05, 0.1) is 5.69 Å². The van der Waals surface area contributed by atoms with E-state index in [1.807, 2.05) is 35.9 Å². The molecule has 0 atom stereocenters. The lowest BCUT2D eigenvalue weighted by Crippen LogP contribution is -2.15. The second kappa shape index (κ2) is 7.35. The van der Waals surface area contributed by atoms with Crippen molar-refractivity contribution in [3.63, 3.8) is 0 Å². The third kappa shape index (κ3) is 3.50. The molecular weight excluding hydrogens is 341 g/mol. The van der Waals surface area contributed by atoms with Crippen LogP contribution in [0.5, 0.6) is 0 Å². The van der Waals surface area contributed by atoms with Crippen LogP contribution in [-0.2, 0) is 12.8 Å². The van der Waals surface area contributed by atoms with Crippen LogP contribution < -0.4 is 5.32 Å². The molecule has 2 aromatic carbocycles. The molecule has 0 spiro atoms. The summed E-state index contributed by atoms with van der Waals surface area (Å²) < 4.78 is 15.1. The monoisotopic (exact) mass is 363 g/mol. The van der Waals surface area contributed by atoms with Gasteiger partial charge in [-0.2, -0.15) is 5.10 Å². The first-order valence-corrected chi connectivity index (χ1v) is 9.37. The van der Waals surface area contributed by atoms with Crippen molar-refractivity contribution in [2.75, 3.05) is 5.32 Å². The molecule has 1 heterocycles. The molecule has 0 bridgehead atoms. The number of nitrogens with zero attached hydrogens (tertiary/aromatic N) is 2. The highest BCUT2D eigenvalue weighted by molar-refractivity contribution is 6.04. The Morgan fingerprint density at radius 2 is 1.78 bits per heavy atom. The van der Waals surface area contributed by atoms with Gasteiger partial charge in [-0.15, -0.1) is 0 Å². The quantitative estimate of drug-likeness (QED) is 0.677. The molecule has 0 saturated carbocycles. The molecule has 5 heteroatoms. The second-order valence-electron chi connectivity index (χ2n) is 6.99. The Morgan fingerprint density at radius 1 is 1.04 bits per heavy atom. The molecule has 4 nitrogen and oxygen atoms in total. The maximum atomic E-state index is 13.3. The van der Waals surface area contributed by atoms with Crippen LogP contribution in [0.15, 0.2) is 48.5 Å². The van der Waals surface area contributed by atoms with Crippen LogP contribution in [0.1, 0.15) is 46.6 Å². The topological polar surface area (TPSA) is 46.9 Å². The average molecular weight is 363 g/mol. The van der Waals surface area contributed by atoms with Gasteiger partial charge in [0.15, 0.2) is 5.69 Å². The molecule has 4 rings (SSSR count). The van der Waals surface area contributed by atoms with Crippen molar-refractivity contribution in [3.8, 4) is 5.69 Å². The second-order valence-corrected chi connectivity index (χ2v) is 6.99. The van der Waals surface area contributed by atoms with Crippen LogP contribution in [0.2, 0.25) is 0 Å². The number of carbonyl (C=O) groups excluding carboxylic acids is 1. The molecule has 3 aromatic rings. The van der Waals surface area contributed by atoms with E-state index in [4.69, 9.17) is 0 Å². The lowest BCUT2D eigenvalue weighted by molar-refractivity contribution is 0.102. The number of anilines is 1. The van der Waals surface area contributed by atoms with E-state index in [9.17, 15) is 9.18 Å². The van der Waals surface area contributed by atoms with Gasteiger partial charge in [-0.1, -0.05) is 24.6 Å². The minimum atomic E-state index is -0.283. The minimum absolute atomic E-state index is 0.191. The van der Waals surface area contributed by atoms with Crippen molar-refractivity contribution in [1.82, 2.24) is 9.78 Å². The van der Waals surface area contributed by atoms with E-state index in [-0.39, 0.29) is 11.7 Å². The summed E-state index contributed by atoms with van der Waals surface area (Å²) in [7, 11) is 0. The van der Waals surface area contributed by atoms with Gasteiger partial charge >= 0.3 is 0 Å². The number of nitrogens with one attached hydrogen (secondary N) is 1. The van der Waals surface area contributed by atoms with Gasteiger partial charge in [0, 0.05) is 16.9 Å². The van der Waals surface area contributed by atoms with Crippen molar-refractivity contribution < 1.29 is 9.18 Å². The highest BCUT2D eigenvalue weighted by Crippen LogP contribution is 2.27. The summed E-state index contributed by atoms with van der Waals surface area (Å²) >= 11 is 0. The number of carbonyl (C=O) groups is 1. The third-order valence-corrected chi connectivity index (χ3v) is 5.11. The highest BCUT2D eigenvalue weighted by Gasteiger charge is 2.25. The fraction of sp³-hybridized carbons (Fsp3) is 0.273. The van der Waals surface area contributed by atoms with Crippen LogP contribution in [0, 0.1) is 12.7 Å². The van der Waals surface area contributed by atoms with E-state index in [1.54, 1.807) is 12.1 Å². The summed E-state index contributed by atoms with van der Waals surface area (Å²) in [5, 5.41) is 7.64. The van der Waals surface area contributed by atoms with E-state index < -0.39 is 0 Å². The molecule has 0 saturated heterocycles. The van der Waals surface area contributed by atoms with Crippen molar-refractivity contribution in [2.45, 2.75) is 39.0 Å². The average Bonchev–Trinajstić information content (AvgIpc) is 2.86. The van der Waals surface area contributed by atoms with Crippen LogP contribution in [-0.4, -0.2) is 15.7 Å². The molecule has 0 fully saturated rings. The number of benzene rings is 2. The number of para-hydroxylation sites is 1. The van der Waals surface area contributed by atoms with E-state index in [0.717, 1.165) is 60.3 Å². The SMILES string of the molecule is Cc1ccccc1NC(=O)c1nn(-c2ccc(F)cc2)c2c1CCCCC2. The summed E-state index contributed by atoms with van der Waals surface area (Å²) in [6.45, 7) is 1.97. The highest BCUT2D eigenvalue weighted by atomic mass is 19.1. The smallest absolute Gasteiger partial charge is 0.276 e. The van der Waals surface area contributed by atoms with Crippen LogP contribution >= 0.6 is 0 Å². The molecule has 1 amide bonds. The van der Waals surface area contributed by atoms with Crippen molar-refractivity contribution >= 4 is 11.6 Å². The van der Waals surface area contributed by atoms with E-state index in [2.05, 4.69) is 10.4 Å². The van der Waals surface area contributed by atoms with Gasteiger partial charge in [0.25, 0.3) is 5.91 Å². The molecule has 1 N–H and O–H groups in total. The predicted octanol–water partition coefficient (Wildman–Crippen LogP) is 4.84. The Morgan fingerprint density at radius 3 is 2.56 bits per heavy atom. The van der Waals surface area contributed by atoms with E-state index >= 15 is 0 Å². The zero-order chi connectivity index (χ0) is 18.8. The lowest BCUT2D eigenvalue weighted by atomic mass is 10.1. The summed E-state index contributed by atoms with van der Waals surface area (Å²) in [6, 6.07) is 14.0. The Hall–Kier alpha value is -2.95. The van der Waals surface area contributed by atoms with Gasteiger partial charge in [0.1, 0.15) is 5.82 Å². The number of halogens is 1. The molecule has 138 valence electrons. The zero-order valence-electron chi connectivity index (χ0n) is 15.3. The molecule has 1 aliphatic rings. The summed E-state index contributed by atoms with van der Waals surface area (Å²) in [4.78, 5) is 13.0. The number of hydrogen-bond donors (Lipinski definition) is 1. The Bertz CT molecular complexity index is 976. The molecule has 27 heavy (non-hydrogen) atoms. The van der Waals surface area contributed by atoms with Crippen LogP contribution in [0.25, 0.3) is 5.69 Å². The van der Waals surface area contributed by atoms with E-state index in [1.165, 1.54) is 12.1 Å². The standard InChI is InChI=1S/C22H22FN3O/c1-15-7-5-6-9-19(15)24-22(27)21-18-8-3-2-4-10-20(18)26(25-21)17-13-11-16(23)12-14-17/h5-7,9,11-14H,2-4,8,10H2,1H3,(H,24,27). The fourth-order valence-corrected chi connectivity index (χ4v) is 3.65. The van der Waals surface area contributed by atoms with Gasteiger partial charge in [-0.05, 0) is 68.5 Å².